The fraction of sp³-hybridized carbons (Fsp3) is 0.222. The van der Waals surface area contributed by atoms with Crippen LogP contribution in [0.1, 0.15) is 6.92 Å². The number of nitrogens with zero attached hydrogens (tertiary/aromatic N) is 1. The summed E-state index contributed by atoms with van der Waals surface area (Å²) in [6.07, 6.45) is 0. The van der Waals surface area contributed by atoms with Crippen molar-refractivity contribution < 1.29 is 14.3 Å². The summed E-state index contributed by atoms with van der Waals surface area (Å²) in [6, 6.07) is 16.1. The van der Waals surface area contributed by atoms with Gasteiger partial charge in [-0.05, 0) is 36.4 Å². The highest BCUT2D eigenvalue weighted by molar-refractivity contribution is 6.30. The molecule has 0 unspecified atom stereocenters. The van der Waals surface area contributed by atoms with E-state index in [1.807, 2.05) is 30.3 Å². The molecule has 2 rings (SSSR count). The molecule has 126 valence electrons. The van der Waals surface area contributed by atoms with Gasteiger partial charge in [0.05, 0.1) is 0 Å². The van der Waals surface area contributed by atoms with Gasteiger partial charge in [-0.2, -0.15) is 0 Å². The zero-order chi connectivity index (χ0) is 17.4. The van der Waals surface area contributed by atoms with Crippen LogP contribution in [0.5, 0.6) is 5.75 Å². The molecule has 0 aliphatic carbocycles. The van der Waals surface area contributed by atoms with Crippen LogP contribution in [0.4, 0.5) is 5.69 Å². The largest absolute Gasteiger partial charge is 0.484 e. The molecule has 5 nitrogen and oxygen atoms in total. The van der Waals surface area contributed by atoms with Crippen LogP contribution < -0.4 is 15.0 Å². The average Bonchev–Trinajstić information content (AvgIpc) is 2.58. The van der Waals surface area contributed by atoms with E-state index in [1.54, 1.807) is 29.2 Å². The summed E-state index contributed by atoms with van der Waals surface area (Å²) < 4.78 is 5.36. The number of ether oxygens (including phenoxy) is 1. The maximum atomic E-state index is 11.8. The van der Waals surface area contributed by atoms with Crippen LogP contribution in [0.2, 0.25) is 5.02 Å². The minimum atomic E-state index is -0.249. The second kappa shape index (κ2) is 8.93. The maximum Gasteiger partial charge on any atom is 0.258 e. The van der Waals surface area contributed by atoms with Crippen molar-refractivity contribution in [2.75, 3.05) is 24.6 Å². The first-order valence-electron chi connectivity index (χ1n) is 7.54. The van der Waals surface area contributed by atoms with Gasteiger partial charge in [-0.3, -0.25) is 9.59 Å². The van der Waals surface area contributed by atoms with Crippen LogP contribution >= 0.6 is 11.6 Å². The Bertz CT molecular complexity index is 674. The van der Waals surface area contributed by atoms with Gasteiger partial charge in [0.25, 0.3) is 5.91 Å². The van der Waals surface area contributed by atoms with Gasteiger partial charge in [0.2, 0.25) is 5.91 Å². The zero-order valence-corrected chi connectivity index (χ0v) is 14.1. The van der Waals surface area contributed by atoms with E-state index in [2.05, 4.69) is 5.32 Å². The van der Waals surface area contributed by atoms with E-state index in [0.29, 0.717) is 23.9 Å². The summed E-state index contributed by atoms with van der Waals surface area (Å²) in [4.78, 5) is 25.2. The van der Waals surface area contributed by atoms with E-state index in [1.165, 1.54) is 6.92 Å². The SMILES string of the molecule is CC(=O)N(CCNC(=O)COc1ccc(Cl)cc1)c1ccccc1. The number of benzene rings is 2. The maximum absolute atomic E-state index is 11.8. The molecule has 6 heteroatoms. The number of carbonyl (C=O) groups is 2. The topological polar surface area (TPSA) is 58.6 Å². The number of halogens is 1. The van der Waals surface area contributed by atoms with Crippen LogP contribution in [0.25, 0.3) is 0 Å². The minimum absolute atomic E-state index is 0.0761. The molecular formula is C18H19ClN2O3. The second-order valence-electron chi connectivity index (χ2n) is 5.10. The average molecular weight is 347 g/mol. The van der Waals surface area contributed by atoms with Gasteiger partial charge in [0, 0.05) is 30.7 Å². The van der Waals surface area contributed by atoms with Gasteiger partial charge in [-0.25, -0.2) is 0 Å². The lowest BCUT2D eigenvalue weighted by Gasteiger charge is -2.21. The fourth-order valence-corrected chi connectivity index (χ4v) is 2.24. The Morgan fingerprint density at radius 3 is 2.38 bits per heavy atom. The van der Waals surface area contributed by atoms with Crippen molar-refractivity contribution in [1.82, 2.24) is 5.32 Å². The first-order valence-corrected chi connectivity index (χ1v) is 7.92. The Morgan fingerprint density at radius 1 is 1.08 bits per heavy atom. The van der Waals surface area contributed by atoms with Crippen LogP contribution in [-0.4, -0.2) is 31.5 Å². The Balaban J connectivity index is 1.76. The zero-order valence-electron chi connectivity index (χ0n) is 13.4. The highest BCUT2D eigenvalue weighted by Crippen LogP contribution is 2.15. The summed E-state index contributed by atoms with van der Waals surface area (Å²) in [7, 11) is 0. The lowest BCUT2D eigenvalue weighted by Crippen LogP contribution is -2.39. The third-order valence-corrected chi connectivity index (χ3v) is 3.54. The van der Waals surface area contributed by atoms with Crippen LogP contribution in [0.15, 0.2) is 54.6 Å². The number of anilines is 1. The first-order chi connectivity index (χ1) is 11.6. The molecule has 0 saturated heterocycles. The Labute approximate surface area is 146 Å². The normalized spacial score (nSPS) is 10.1. The Hall–Kier alpha value is -2.53. The van der Waals surface area contributed by atoms with Gasteiger partial charge in [0.15, 0.2) is 6.61 Å². The van der Waals surface area contributed by atoms with Gasteiger partial charge >= 0.3 is 0 Å². The molecule has 1 N–H and O–H groups in total. The summed E-state index contributed by atoms with van der Waals surface area (Å²) >= 11 is 5.78. The summed E-state index contributed by atoms with van der Waals surface area (Å²) in [6.45, 7) is 2.15. The van der Waals surface area contributed by atoms with E-state index in [-0.39, 0.29) is 18.4 Å². The van der Waals surface area contributed by atoms with E-state index in [9.17, 15) is 9.59 Å². The molecule has 0 saturated carbocycles. The lowest BCUT2D eigenvalue weighted by molar-refractivity contribution is -0.123. The molecule has 0 aliphatic heterocycles. The van der Waals surface area contributed by atoms with Gasteiger partial charge in [0.1, 0.15) is 5.75 Å². The first kappa shape index (κ1) is 17.8. The van der Waals surface area contributed by atoms with Crippen molar-refractivity contribution in [2.24, 2.45) is 0 Å². The van der Waals surface area contributed by atoms with Gasteiger partial charge in [-0.1, -0.05) is 29.8 Å². The molecular weight excluding hydrogens is 328 g/mol. The molecule has 24 heavy (non-hydrogen) atoms. The van der Waals surface area contributed by atoms with Crippen molar-refractivity contribution in [3.8, 4) is 5.75 Å². The molecule has 2 aromatic rings. The number of hydrogen-bond donors (Lipinski definition) is 1. The lowest BCUT2D eigenvalue weighted by atomic mass is 10.3. The standard InChI is InChI=1S/C18H19ClN2O3/c1-14(22)21(16-5-3-2-4-6-16)12-11-20-18(23)13-24-17-9-7-15(19)8-10-17/h2-10H,11-13H2,1H3,(H,20,23). The summed E-state index contributed by atoms with van der Waals surface area (Å²) in [5.41, 5.74) is 0.802. The summed E-state index contributed by atoms with van der Waals surface area (Å²) in [5, 5.41) is 3.34. The number of para-hydroxylation sites is 1. The molecule has 2 aromatic carbocycles. The smallest absolute Gasteiger partial charge is 0.258 e. The highest BCUT2D eigenvalue weighted by atomic mass is 35.5. The van der Waals surface area contributed by atoms with Gasteiger partial charge < -0.3 is 15.0 Å². The number of carbonyl (C=O) groups excluding carboxylic acids is 2. The number of rotatable bonds is 7. The number of hydrogen-bond acceptors (Lipinski definition) is 3. The van der Waals surface area contributed by atoms with Crippen molar-refractivity contribution in [1.29, 1.82) is 0 Å². The van der Waals surface area contributed by atoms with Gasteiger partial charge in [-0.15, -0.1) is 0 Å². The molecule has 2 amide bonds. The van der Waals surface area contributed by atoms with Crippen molar-refractivity contribution in [2.45, 2.75) is 6.92 Å². The van der Waals surface area contributed by atoms with Crippen molar-refractivity contribution >= 4 is 29.1 Å². The predicted molar refractivity (Wildman–Crippen MR) is 94.4 cm³/mol. The third kappa shape index (κ3) is 5.59. The number of nitrogens with one attached hydrogen (secondary N) is 1. The third-order valence-electron chi connectivity index (χ3n) is 3.29. The Morgan fingerprint density at radius 2 is 1.75 bits per heavy atom. The minimum Gasteiger partial charge on any atom is -0.484 e. The quantitative estimate of drug-likeness (QED) is 0.838. The molecule has 0 radical (unpaired) electrons. The highest BCUT2D eigenvalue weighted by Gasteiger charge is 2.11. The molecule has 0 aromatic heterocycles. The molecule has 0 aliphatic rings. The summed E-state index contributed by atoms with van der Waals surface area (Å²) in [5.74, 6) is 0.249. The molecule has 0 spiro atoms. The van der Waals surface area contributed by atoms with Crippen LogP contribution in [0.3, 0.4) is 0 Å². The van der Waals surface area contributed by atoms with E-state index in [4.69, 9.17) is 16.3 Å². The van der Waals surface area contributed by atoms with E-state index >= 15 is 0 Å². The fourth-order valence-electron chi connectivity index (χ4n) is 2.11. The molecule has 0 heterocycles. The van der Waals surface area contributed by atoms with Crippen molar-refractivity contribution in [3.63, 3.8) is 0 Å². The van der Waals surface area contributed by atoms with Crippen LogP contribution in [0, 0.1) is 0 Å². The second-order valence-corrected chi connectivity index (χ2v) is 5.54. The predicted octanol–water partition coefficient (Wildman–Crippen LogP) is 2.89. The molecule has 0 atom stereocenters. The number of amides is 2. The molecule has 0 bridgehead atoms. The molecule has 0 fully saturated rings. The Kier molecular flexibility index (Phi) is 6.63. The van der Waals surface area contributed by atoms with Crippen molar-refractivity contribution in [3.05, 3.63) is 59.6 Å². The van der Waals surface area contributed by atoms with E-state index in [0.717, 1.165) is 5.69 Å². The van der Waals surface area contributed by atoms with Crippen LogP contribution in [-0.2, 0) is 9.59 Å². The van der Waals surface area contributed by atoms with E-state index < -0.39 is 0 Å². The monoisotopic (exact) mass is 346 g/mol.